The van der Waals surface area contributed by atoms with Gasteiger partial charge in [0, 0.05) is 6.54 Å². The fraction of sp³-hybridized carbons (Fsp3) is 0.375. The minimum atomic E-state index is -0.107. The Bertz CT molecular complexity index is 271. The lowest BCUT2D eigenvalue weighted by Gasteiger charge is -2.10. The van der Waals surface area contributed by atoms with Gasteiger partial charge in [-0.15, -0.1) is 0 Å². The van der Waals surface area contributed by atoms with E-state index in [4.69, 9.17) is 10.9 Å². The lowest BCUT2D eigenvalue weighted by atomic mass is 10.3. The number of nitrogens with zero attached hydrogens (tertiary/aromatic N) is 1. The van der Waals surface area contributed by atoms with Crippen LogP contribution in [0.3, 0.4) is 0 Å². The van der Waals surface area contributed by atoms with Gasteiger partial charge in [-0.1, -0.05) is 5.16 Å². The molecule has 4 N–H and O–H groups in total. The van der Waals surface area contributed by atoms with Gasteiger partial charge in [0.1, 0.15) is 0 Å². The van der Waals surface area contributed by atoms with Gasteiger partial charge < -0.3 is 16.3 Å². The molecule has 0 aliphatic heterocycles. The van der Waals surface area contributed by atoms with Gasteiger partial charge in [-0.2, -0.15) is 11.3 Å². The molecule has 1 heterocycles. The number of hydrogen-bond donors (Lipinski definition) is 3. The van der Waals surface area contributed by atoms with E-state index >= 15 is 0 Å². The topological polar surface area (TPSA) is 70.6 Å². The van der Waals surface area contributed by atoms with Gasteiger partial charge in [-0.3, -0.25) is 0 Å². The van der Waals surface area contributed by atoms with Gasteiger partial charge in [0.2, 0.25) is 0 Å². The summed E-state index contributed by atoms with van der Waals surface area (Å²) in [7, 11) is 0. The monoisotopic (exact) mass is 199 g/mol. The second-order valence-electron chi connectivity index (χ2n) is 2.76. The molecule has 13 heavy (non-hydrogen) atoms. The van der Waals surface area contributed by atoms with E-state index in [0.717, 1.165) is 6.54 Å². The zero-order chi connectivity index (χ0) is 9.68. The summed E-state index contributed by atoms with van der Waals surface area (Å²) < 4.78 is 0. The van der Waals surface area contributed by atoms with Crippen LogP contribution in [-0.2, 0) is 6.54 Å². The third kappa shape index (κ3) is 3.04. The molecule has 72 valence electrons. The van der Waals surface area contributed by atoms with Crippen molar-refractivity contribution in [1.29, 1.82) is 0 Å². The SMILES string of the molecule is CC(NCc1ccsc1)C(N)=NO. The number of nitrogens with one attached hydrogen (secondary N) is 1. The zero-order valence-corrected chi connectivity index (χ0v) is 8.21. The van der Waals surface area contributed by atoms with E-state index in [2.05, 4.69) is 15.9 Å². The molecule has 0 spiro atoms. The van der Waals surface area contributed by atoms with Crippen molar-refractivity contribution in [3.05, 3.63) is 22.4 Å². The summed E-state index contributed by atoms with van der Waals surface area (Å²) in [6.07, 6.45) is 0. The minimum Gasteiger partial charge on any atom is -0.409 e. The number of hydrogen-bond acceptors (Lipinski definition) is 4. The van der Waals surface area contributed by atoms with Gasteiger partial charge >= 0.3 is 0 Å². The molecule has 0 aromatic carbocycles. The van der Waals surface area contributed by atoms with Crippen molar-refractivity contribution in [3.8, 4) is 0 Å². The molecule has 0 aliphatic rings. The number of rotatable bonds is 4. The van der Waals surface area contributed by atoms with Crippen LogP contribution in [-0.4, -0.2) is 17.1 Å². The predicted octanol–water partition coefficient (Wildman–Crippen LogP) is 0.973. The Morgan fingerprint density at radius 2 is 2.62 bits per heavy atom. The molecule has 0 radical (unpaired) electrons. The summed E-state index contributed by atoms with van der Waals surface area (Å²) in [5.41, 5.74) is 6.61. The second kappa shape index (κ2) is 4.84. The molecule has 0 fully saturated rings. The maximum absolute atomic E-state index is 8.39. The highest BCUT2D eigenvalue weighted by atomic mass is 32.1. The average molecular weight is 199 g/mol. The molecule has 5 heteroatoms. The van der Waals surface area contributed by atoms with Gasteiger partial charge in [-0.25, -0.2) is 0 Å². The highest BCUT2D eigenvalue weighted by molar-refractivity contribution is 7.07. The van der Waals surface area contributed by atoms with Crippen LogP contribution in [0, 0.1) is 0 Å². The molecule has 0 amide bonds. The molecule has 0 bridgehead atoms. The molecule has 1 rings (SSSR count). The fourth-order valence-corrected chi connectivity index (χ4v) is 1.52. The summed E-state index contributed by atoms with van der Waals surface area (Å²) in [5.74, 6) is 0.204. The van der Waals surface area contributed by atoms with E-state index in [1.807, 2.05) is 18.4 Å². The molecule has 1 atom stereocenters. The Morgan fingerprint density at radius 1 is 1.85 bits per heavy atom. The molecule has 1 unspecified atom stereocenters. The summed E-state index contributed by atoms with van der Waals surface area (Å²) in [6, 6.07) is 1.93. The van der Waals surface area contributed by atoms with E-state index in [0.29, 0.717) is 0 Å². The first-order chi connectivity index (χ1) is 6.24. The van der Waals surface area contributed by atoms with Crippen molar-refractivity contribution in [1.82, 2.24) is 5.32 Å². The zero-order valence-electron chi connectivity index (χ0n) is 7.40. The fourth-order valence-electron chi connectivity index (χ4n) is 0.855. The van der Waals surface area contributed by atoms with Crippen molar-refractivity contribution < 1.29 is 5.21 Å². The van der Waals surface area contributed by atoms with Crippen molar-refractivity contribution in [3.63, 3.8) is 0 Å². The first-order valence-electron chi connectivity index (χ1n) is 3.96. The van der Waals surface area contributed by atoms with E-state index in [1.165, 1.54) is 5.56 Å². The number of thiophene rings is 1. The highest BCUT2D eigenvalue weighted by Crippen LogP contribution is 2.05. The van der Waals surface area contributed by atoms with Gasteiger partial charge in [-0.05, 0) is 29.3 Å². The second-order valence-corrected chi connectivity index (χ2v) is 3.54. The first-order valence-corrected chi connectivity index (χ1v) is 4.90. The summed E-state index contributed by atoms with van der Waals surface area (Å²) in [4.78, 5) is 0. The Labute approximate surface area is 81.1 Å². The predicted molar refractivity (Wildman–Crippen MR) is 54.0 cm³/mol. The number of nitrogens with two attached hydrogens (primary N) is 1. The summed E-state index contributed by atoms with van der Waals surface area (Å²) >= 11 is 1.65. The van der Waals surface area contributed by atoms with E-state index in [1.54, 1.807) is 11.3 Å². The molecule has 0 saturated heterocycles. The molecular formula is C8H13N3OS. The van der Waals surface area contributed by atoms with Crippen LogP contribution in [0.1, 0.15) is 12.5 Å². The van der Waals surface area contributed by atoms with E-state index in [9.17, 15) is 0 Å². The molecule has 4 nitrogen and oxygen atoms in total. The number of oxime groups is 1. The van der Waals surface area contributed by atoms with Gasteiger partial charge in [0.05, 0.1) is 6.04 Å². The van der Waals surface area contributed by atoms with Crippen molar-refractivity contribution in [2.45, 2.75) is 19.5 Å². The quantitative estimate of drug-likeness (QED) is 0.293. The number of amidine groups is 1. The van der Waals surface area contributed by atoms with Crippen LogP contribution in [0.5, 0.6) is 0 Å². The summed E-state index contributed by atoms with van der Waals surface area (Å²) in [5, 5.41) is 18.5. The minimum absolute atomic E-state index is 0.107. The van der Waals surface area contributed by atoms with Crippen LogP contribution >= 0.6 is 11.3 Å². The molecule has 0 saturated carbocycles. The highest BCUT2D eigenvalue weighted by Gasteiger charge is 2.05. The molecule has 1 aromatic rings. The Morgan fingerprint density at radius 3 is 3.15 bits per heavy atom. The van der Waals surface area contributed by atoms with Gasteiger partial charge in [0.15, 0.2) is 5.84 Å². The Balaban J connectivity index is 2.35. The molecule has 0 aliphatic carbocycles. The lowest BCUT2D eigenvalue weighted by molar-refractivity contribution is 0.315. The average Bonchev–Trinajstić information content (AvgIpc) is 2.65. The molecular weight excluding hydrogens is 186 g/mol. The largest absolute Gasteiger partial charge is 0.409 e. The van der Waals surface area contributed by atoms with E-state index < -0.39 is 0 Å². The lowest BCUT2D eigenvalue weighted by Crippen LogP contribution is -2.38. The maximum Gasteiger partial charge on any atom is 0.156 e. The van der Waals surface area contributed by atoms with Crippen LogP contribution < -0.4 is 11.1 Å². The van der Waals surface area contributed by atoms with Crippen LogP contribution in [0.4, 0.5) is 0 Å². The van der Waals surface area contributed by atoms with Crippen molar-refractivity contribution >= 4 is 17.2 Å². The first kappa shape index (κ1) is 10.0. The Hall–Kier alpha value is -1.07. The van der Waals surface area contributed by atoms with Crippen LogP contribution in [0.25, 0.3) is 0 Å². The van der Waals surface area contributed by atoms with Crippen LogP contribution in [0.15, 0.2) is 22.0 Å². The third-order valence-electron chi connectivity index (χ3n) is 1.75. The van der Waals surface area contributed by atoms with Crippen molar-refractivity contribution in [2.24, 2.45) is 10.9 Å². The molecule has 1 aromatic heterocycles. The normalized spacial score (nSPS) is 14.4. The Kier molecular flexibility index (Phi) is 3.72. The van der Waals surface area contributed by atoms with Crippen LogP contribution in [0.2, 0.25) is 0 Å². The maximum atomic E-state index is 8.39. The van der Waals surface area contributed by atoms with Crippen molar-refractivity contribution in [2.75, 3.05) is 0 Å². The smallest absolute Gasteiger partial charge is 0.156 e. The van der Waals surface area contributed by atoms with Gasteiger partial charge in [0.25, 0.3) is 0 Å². The standard InChI is InChI=1S/C8H13N3OS/c1-6(8(9)11-12)10-4-7-2-3-13-5-7/h2-3,5-6,10,12H,4H2,1H3,(H2,9,11). The third-order valence-corrected chi connectivity index (χ3v) is 2.48. The summed E-state index contributed by atoms with van der Waals surface area (Å²) in [6.45, 7) is 2.59. The van der Waals surface area contributed by atoms with E-state index in [-0.39, 0.29) is 11.9 Å².